The molecule has 0 radical (unpaired) electrons. The van der Waals surface area contributed by atoms with Gasteiger partial charge >= 0.3 is 0 Å². The molecular weight excluding hydrogens is 274 g/mol. The van der Waals surface area contributed by atoms with E-state index >= 15 is 0 Å². The van der Waals surface area contributed by atoms with Gasteiger partial charge < -0.3 is 10.4 Å². The molecule has 1 aromatic heterocycles. The standard InChI is InChI=1S/C15H20ClN3O/c1-11(10-20)8-17-9-14-12(2)18-19(15(14)16)13-6-4-3-5-7-13/h3-7,11,17,20H,8-10H2,1-2H3. The van der Waals surface area contributed by atoms with Crippen LogP contribution in [0.5, 0.6) is 0 Å². The molecule has 2 aromatic rings. The largest absolute Gasteiger partial charge is 0.396 e. The van der Waals surface area contributed by atoms with Crippen molar-refractivity contribution in [1.29, 1.82) is 0 Å². The van der Waals surface area contributed by atoms with Crippen molar-refractivity contribution in [3.05, 3.63) is 46.7 Å². The Morgan fingerprint density at radius 3 is 2.70 bits per heavy atom. The Labute approximate surface area is 124 Å². The molecular formula is C15H20ClN3O. The number of aromatic nitrogens is 2. The van der Waals surface area contributed by atoms with Crippen LogP contribution in [0, 0.1) is 12.8 Å². The van der Waals surface area contributed by atoms with Crippen LogP contribution in [0.1, 0.15) is 18.2 Å². The highest BCUT2D eigenvalue weighted by Gasteiger charge is 2.14. The number of nitrogens with one attached hydrogen (secondary N) is 1. The van der Waals surface area contributed by atoms with Crippen LogP contribution >= 0.6 is 11.6 Å². The second-order valence-electron chi connectivity index (χ2n) is 5.02. The zero-order chi connectivity index (χ0) is 14.5. The maximum atomic E-state index is 9.01. The van der Waals surface area contributed by atoms with Crippen LogP contribution in [0.15, 0.2) is 30.3 Å². The molecule has 108 valence electrons. The Hall–Kier alpha value is -1.36. The summed E-state index contributed by atoms with van der Waals surface area (Å²) in [6, 6.07) is 9.84. The zero-order valence-electron chi connectivity index (χ0n) is 11.8. The molecule has 20 heavy (non-hydrogen) atoms. The molecule has 1 heterocycles. The van der Waals surface area contributed by atoms with E-state index < -0.39 is 0 Å². The molecule has 0 saturated heterocycles. The summed E-state index contributed by atoms with van der Waals surface area (Å²) in [6.07, 6.45) is 0. The van der Waals surface area contributed by atoms with Gasteiger partial charge in [0, 0.05) is 25.3 Å². The smallest absolute Gasteiger partial charge is 0.137 e. The van der Waals surface area contributed by atoms with Gasteiger partial charge in [-0.05, 0) is 25.0 Å². The summed E-state index contributed by atoms with van der Waals surface area (Å²) < 4.78 is 1.75. The topological polar surface area (TPSA) is 50.1 Å². The first kappa shape index (κ1) is 15.0. The van der Waals surface area contributed by atoms with E-state index in [1.54, 1.807) is 4.68 Å². The first-order chi connectivity index (χ1) is 9.63. The highest BCUT2D eigenvalue weighted by molar-refractivity contribution is 6.30. The highest BCUT2D eigenvalue weighted by Crippen LogP contribution is 2.23. The minimum absolute atomic E-state index is 0.184. The number of aliphatic hydroxyl groups is 1. The molecule has 2 N–H and O–H groups in total. The highest BCUT2D eigenvalue weighted by atomic mass is 35.5. The van der Waals surface area contributed by atoms with E-state index in [-0.39, 0.29) is 12.5 Å². The van der Waals surface area contributed by atoms with Crippen LogP contribution in [0.2, 0.25) is 5.15 Å². The van der Waals surface area contributed by atoms with Crippen molar-refractivity contribution in [3.8, 4) is 5.69 Å². The predicted octanol–water partition coefficient (Wildman–Crippen LogP) is 2.55. The van der Waals surface area contributed by atoms with E-state index in [1.165, 1.54) is 0 Å². The average molecular weight is 294 g/mol. The fraction of sp³-hybridized carbons (Fsp3) is 0.400. The molecule has 0 aliphatic rings. The second kappa shape index (κ2) is 6.88. The van der Waals surface area contributed by atoms with Gasteiger partial charge in [0.1, 0.15) is 5.15 Å². The molecule has 2 rings (SSSR count). The summed E-state index contributed by atoms with van der Waals surface area (Å²) in [5.74, 6) is 0.234. The van der Waals surface area contributed by atoms with Crippen molar-refractivity contribution in [1.82, 2.24) is 15.1 Å². The number of aryl methyl sites for hydroxylation is 1. The quantitative estimate of drug-likeness (QED) is 0.860. The molecule has 0 fully saturated rings. The van der Waals surface area contributed by atoms with Crippen molar-refractivity contribution >= 4 is 11.6 Å². The molecule has 0 aliphatic heterocycles. The summed E-state index contributed by atoms with van der Waals surface area (Å²) in [6.45, 7) is 5.54. The van der Waals surface area contributed by atoms with Crippen molar-refractivity contribution in [3.63, 3.8) is 0 Å². The third-order valence-corrected chi connectivity index (χ3v) is 3.62. The van der Waals surface area contributed by atoms with Gasteiger partial charge in [0.05, 0.1) is 11.4 Å². The first-order valence-corrected chi connectivity index (χ1v) is 7.12. The number of hydrogen-bond donors (Lipinski definition) is 2. The Morgan fingerprint density at radius 1 is 1.35 bits per heavy atom. The van der Waals surface area contributed by atoms with Gasteiger partial charge in [0.2, 0.25) is 0 Å². The van der Waals surface area contributed by atoms with Gasteiger partial charge in [0.25, 0.3) is 0 Å². The molecule has 0 amide bonds. The molecule has 0 saturated carbocycles. The average Bonchev–Trinajstić information content (AvgIpc) is 2.75. The number of benzene rings is 1. The lowest BCUT2D eigenvalue weighted by Crippen LogP contribution is -2.23. The summed E-state index contributed by atoms with van der Waals surface area (Å²) in [7, 11) is 0. The number of para-hydroxylation sites is 1. The van der Waals surface area contributed by atoms with Gasteiger partial charge in [-0.3, -0.25) is 0 Å². The van der Waals surface area contributed by atoms with E-state index in [1.807, 2.05) is 44.2 Å². The van der Waals surface area contributed by atoms with Crippen molar-refractivity contribution in [2.45, 2.75) is 20.4 Å². The molecule has 5 heteroatoms. The van der Waals surface area contributed by atoms with Crippen molar-refractivity contribution < 1.29 is 5.11 Å². The van der Waals surface area contributed by atoms with E-state index in [0.717, 1.165) is 23.5 Å². The molecule has 0 aliphatic carbocycles. The number of halogens is 1. The lowest BCUT2D eigenvalue weighted by atomic mass is 10.2. The predicted molar refractivity (Wildman–Crippen MR) is 81.3 cm³/mol. The maximum Gasteiger partial charge on any atom is 0.137 e. The van der Waals surface area contributed by atoms with Crippen molar-refractivity contribution in [2.75, 3.05) is 13.2 Å². The third kappa shape index (κ3) is 3.39. The van der Waals surface area contributed by atoms with E-state index in [0.29, 0.717) is 11.7 Å². The van der Waals surface area contributed by atoms with Crippen LogP contribution in [0.3, 0.4) is 0 Å². The van der Waals surface area contributed by atoms with Gasteiger partial charge in [-0.1, -0.05) is 36.7 Å². The fourth-order valence-corrected chi connectivity index (χ4v) is 2.32. The van der Waals surface area contributed by atoms with Crippen LogP contribution in [0.4, 0.5) is 0 Å². The Kier molecular flexibility index (Phi) is 5.17. The second-order valence-corrected chi connectivity index (χ2v) is 5.38. The van der Waals surface area contributed by atoms with E-state index in [9.17, 15) is 0 Å². The minimum Gasteiger partial charge on any atom is -0.396 e. The fourth-order valence-electron chi connectivity index (χ4n) is 1.98. The summed E-state index contributed by atoms with van der Waals surface area (Å²) >= 11 is 6.42. The third-order valence-electron chi connectivity index (χ3n) is 3.23. The minimum atomic E-state index is 0.184. The monoisotopic (exact) mass is 293 g/mol. The lowest BCUT2D eigenvalue weighted by molar-refractivity contribution is 0.233. The van der Waals surface area contributed by atoms with E-state index in [4.69, 9.17) is 16.7 Å². The molecule has 0 spiro atoms. The first-order valence-electron chi connectivity index (χ1n) is 6.74. The lowest BCUT2D eigenvalue weighted by Gasteiger charge is -2.09. The van der Waals surface area contributed by atoms with Crippen LogP contribution < -0.4 is 5.32 Å². The number of aliphatic hydroxyl groups excluding tert-OH is 1. The maximum absolute atomic E-state index is 9.01. The molecule has 0 bridgehead atoms. The SMILES string of the molecule is Cc1nn(-c2ccccc2)c(Cl)c1CNCC(C)CO. The van der Waals surface area contributed by atoms with Crippen LogP contribution in [-0.2, 0) is 6.54 Å². The Bertz CT molecular complexity index is 554. The van der Waals surface area contributed by atoms with E-state index in [2.05, 4.69) is 10.4 Å². The number of rotatable bonds is 6. The van der Waals surface area contributed by atoms with Crippen molar-refractivity contribution in [2.24, 2.45) is 5.92 Å². The zero-order valence-corrected chi connectivity index (χ0v) is 12.6. The Morgan fingerprint density at radius 2 is 2.05 bits per heavy atom. The molecule has 1 atom stereocenters. The molecule has 4 nitrogen and oxygen atoms in total. The van der Waals surface area contributed by atoms with Crippen LogP contribution in [-0.4, -0.2) is 28.0 Å². The van der Waals surface area contributed by atoms with Gasteiger partial charge in [-0.15, -0.1) is 0 Å². The molecule has 1 aromatic carbocycles. The van der Waals surface area contributed by atoms with Gasteiger partial charge in [-0.25, -0.2) is 4.68 Å². The normalized spacial score (nSPS) is 12.6. The summed E-state index contributed by atoms with van der Waals surface area (Å²) in [4.78, 5) is 0. The number of nitrogens with zero attached hydrogens (tertiary/aromatic N) is 2. The summed E-state index contributed by atoms with van der Waals surface area (Å²) in [5, 5.41) is 17.4. The van der Waals surface area contributed by atoms with Gasteiger partial charge in [-0.2, -0.15) is 5.10 Å². The number of hydrogen-bond acceptors (Lipinski definition) is 3. The Balaban J connectivity index is 2.13. The van der Waals surface area contributed by atoms with Gasteiger partial charge in [0.15, 0.2) is 0 Å². The summed E-state index contributed by atoms with van der Waals surface area (Å²) in [5.41, 5.74) is 2.87. The van der Waals surface area contributed by atoms with Crippen LogP contribution in [0.25, 0.3) is 5.69 Å². The molecule has 1 unspecified atom stereocenters.